The molecule has 0 aliphatic rings. The monoisotopic (exact) mass is 294 g/mol. The van der Waals surface area contributed by atoms with Gasteiger partial charge in [0, 0.05) is 6.20 Å². The number of carbonyl (C=O) groups is 1. The number of aromatic nitrogens is 2. The van der Waals surface area contributed by atoms with Gasteiger partial charge in [-0.15, -0.1) is 0 Å². The molecule has 7 heteroatoms. The zero-order valence-corrected chi connectivity index (χ0v) is 11.7. The van der Waals surface area contributed by atoms with Crippen molar-refractivity contribution >= 4 is 29.0 Å². The molecule has 0 radical (unpaired) electrons. The van der Waals surface area contributed by atoms with Gasteiger partial charge in [-0.25, -0.2) is 4.79 Å². The van der Waals surface area contributed by atoms with Crippen LogP contribution in [0.2, 0.25) is 5.02 Å². The van der Waals surface area contributed by atoms with Crippen molar-refractivity contribution in [1.29, 1.82) is 0 Å². The molecule has 0 aliphatic heterocycles. The second-order valence-electron chi connectivity index (χ2n) is 4.23. The Bertz CT molecular complexity index is 612. The van der Waals surface area contributed by atoms with Crippen LogP contribution in [0.25, 0.3) is 0 Å². The third-order valence-corrected chi connectivity index (χ3v) is 3.16. The molecular weight excluding hydrogens is 280 g/mol. The fraction of sp³-hybridized carbons (Fsp3) is 0.231. The largest absolute Gasteiger partial charge is 0.394 e. The standard InChI is InChI=1S/C13H15ClN4O2/c1-9-3-2-4-11(12(9)14)17-13(20)16-10-7-15-18(8-10)5-6-19/h2-4,7-8,19H,5-6H2,1H3,(H2,16,17,20). The van der Waals surface area contributed by atoms with Crippen LogP contribution in [0.5, 0.6) is 0 Å². The Hall–Kier alpha value is -2.05. The highest BCUT2D eigenvalue weighted by atomic mass is 35.5. The molecule has 1 heterocycles. The molecule has 0 saturated heterocycles. The first-order valence-corrected chi connectivity index (χ1v) is 6.44. The van der Waals surface area contributed by atoms with Gasteiger partial charge >= 0.3 is 6.03 Å². The third kappa shape index (κ3) is 3.49. The van der Waals surface area contributed by atoms with Crippen LogP contribution in [0.3, 0.4) is 0 Å². The molecule has 3 N–H and O–H groups in total. The minimum Gasteiger partial charge on any atom is -0.394 e. The molecule has 1 aromatic heterocycles. The van der Waals surface area contributed by atoms with Crippen LogP contribution >= 0.6 is 11.6 Å². The summed E-state index contributed by atoms with van der Waals surface area (Å²) in [7, 11) is 0. The molecule has 0 unspecified atom stereocenters. The van der Waals surface area contributed by atoms with E-state index in [4.69, 9.17) is 16.7 Å². The highest BCUT2D eigenvalue weighted by Gasteiger charge is 2.08. The highest BCUT2D eigenvalue weighted by Crippen LogP contribution is 2.25. The summed E-state index contributed by atoms with van der Waals surface area (Å²) in [5, 5.41) is 18.6. The highest BCUT2D eigenvalue weighted by molar-refractivity contribution is 6.34. The average molecular weight is 295 g/mol. The topological polar surface area (TPSA) is 79.2 Å². The number of benzene rings is 1. The number of hydrogen-bond acceptors (Lipinski definition) is 3. The summed E-state index contributed by atoms with van der Waals surface area (Å²) in [4.78, 5) is 11.8. The van der Waals surface area contributed by atoms with Crippen molar-refractivity contribution in [1.82, 2.24) is 9.78 Å². The van der Waals surface area contributed by atoms with E-state index in [9.17, 15) is 4.79 Å². The maximum Gasteiger partial charge on any atom is 0.323 e. The molecule has 0 saturated carbocycles. The number of halogens is 1. The summed E-state index contributed by atoms with van der Waals surface area (Å²) in [6.45, 7) is 2.24. The lowest BCUT2D eigenvalue weighted by molar-refractivity contribution is 0.262. The molecule has 20 heavy (non-hydrogen) atoms. The molecule has 6 nitrogen and oxygen atoms in total. The summed E-state index contributed by atoms with van der Waals surface area (Å²) < 4.78 is 1.54. The van der Waals surface area contributed by atoms with Crippen LogP contribution in [0.4, 0.5) is 16.2 Å². The summed E-state index contributed by atoms with van der Waals surface area (Å²) >= 11 is 6.10. The van der Waals surface area contributed by atoms with Crippen molar-refractivity contribution in [2.24, 2.45) is 0 Å². The van der Waals surface area contributed by atoms with Gasteiger partial charge in [-0.1, -0.05) is 23.7 Å². The van der Waals surface area contributed by atoms with E-state index < -0.39 is 6.03 Å². The average Bonchev–Trinajstić information content (AvgIpc) is 2.83. The van der Waals surface area contributed by atoms with Crippen molar-refractivity contribution in [2.45, 2.75) is 13.5 Å². The predicted octanol–water partition coefficient (Wildman–Crippen LogP) is 2.48. The summed E-state index contributed by atoms with van der Waals surface area (Å²) in [6.07, 6.45) is 3.14. The number of nitrogens with zero attached hydrogens (tertiary/aromatic N) is 2. The van der Waals surface area contributed by atoms with Gasteiger partial charge in [-0.2, -0.15) is 5.10 Å². The van der Waals surface area contributed by atoms with E-state index >= 15 is 0 Å². The maximum atomic E-state index is 11.8. The number of nitrogens with one attached hydrogen (secondary N) is 2. The number of anilines is 2. The van der Waals surface area contributed by atoms with Crippen LogP contribution in [0, 0.1) is 6.92 Å². The second kappa shape index (κ2) is 6.40. The van der Waals surface area contributed by atoms with Gasteiger partial charge in [0.1, 0.15) is 0 Å². The van der Waals surface area contributed by atoms with Gasteiger partial charge in [0.15, 0.2) is 0 Å². The molecule has 2 aromatic rings. The van der Waals surface area contributed by atoms with Gasteiger partial charge in [0.05, 0.1) is 35.7 Å². The molecule has 2 rings (SSSR count). The number of rotatable bonds is 4. The molecule has 106 valence electrons. The Kier molecular flexibility index (Phi) is 4.60. The van der Waals surface area contributed by atoms with Gasteiger partial charge < -0.3 is 15.7 Å². The predicted molar refractivity (Wildman–Crippen MR) is 78.1 cm³/mol. The molecule has 0 spiro atoms. The first-order valence-electron chi connectivity index (χ1n) is 6.06. The third-order valence-electron chi connectivity index (χ3n) is 2.66. The minimum absolute atomic E-state index is 0.00772. The van der Waals surface area contributed by atoms with Crippen molar-refractivity contribution in [3.63, 3.8) is 0 Å². The number of amides is 2. The van der Waals surface area contributed by atoms with Crippen LogP contribution in [-0.2, 0) is 6.54 Å². The second-order valence-corrected chi connectivity index (χ2v) is 4.61. The SMILES string of the molecule is Cc1cccc(NC(=O)Nc2cnn(CCO)c2)c1Cl. The smallest absolute Gasteiger partial charge is 0.323 e. The minimum atomic E-state index is -0.402. The lowest BCUT2D eigenvalue weighted by atomic mass is 10.2. The Labute approximate surface area is 121 Å². The summed E-state index contributed by atoms with van der Waals surface area (Å²) in [5.74, 6) is 0. The molecule has 0 fully saturated rings. The molecule has 0 atom stereocenters. The Morgan fingerprint density at radius 3 is 3.00 bits per heavy atom. The van der Waals surface area contributed by atoms with Crippen LogP contribution in [0.15, 0.2) is 30.6 Å². The summed E-state index contributed by atoms with van der Waals surface area (Å²) in [5.41, 5.74) is 1.98. The van der Waals surface area contributed by atoms with Crippen LogP contribution in [-0.4, -0.2) is 27.5 Å². The maximum absolute atomic E-state index is 11.8. The number of aliphatic hydroxyl groups excluding tert-OH is 1. The van der Waals surface area contributed by atoms with Crippen LogP contribution in [0.1, 0.15) is 5.56 Å². The van der Waals surface area contributed by atoms with Crippen molar-refractivity contribution in [3.05, 3.63) is 41.2 Å². The van der Waals surface area contributed by atoms with Crippen molar-refractivity contribution < 1.29 is 9.90 Å². The Morgan fingerprint density at radius 1 is 1.45 bits per heavy atom. The van der Waals surface area contributed by atoms with Crippen molar-refractivity contribution in [3.8, 4) is 0 Å². The number of aryl methyl sites for hydroxylation is 1. The van der Waals surface area contributed by atoms with E-state index in [1.54, 1.807) is 12.3 Å². The van der Waals surface area contributed by atoms with Gasteiger partial charge in [-0.05, 0) is 18.6 Å². The Balaban J connectivity index is 1.99. The molecular formula is C13H15ClN4O2. The normalized spacial score (nSPS) is 10.3. The van der Waals surface area contributed by atoms with E-state index in [2.05, 4.69) is 15.7 Å². The van der Waals surface area contributed by atoms with E-state index in [-0.39, 0.29) is 6.61 Å². The number of aliphatic hydroxyl groups is 1. The zero-order valence-electron chi connectivity index (χ0n) is 10.9. The van der Waals surface area contributed by atoms with E-state index in [0.29, 0.717) is 22.9 Å². The van der Waals surface area contributed by atoms with Gasteiger partial charge in [0.2, 0.25) is 0 Å². The van der Waals surface area contributed by atoms with Crippen molar-refractivity contribution in [2.75, 3.05) is 17.2 Å². The molecule has 1 aromatic carbocycles. The first kappa shape index (κ1) is 14.4. The zero-order chi connectivity index (χ0) is 14.5. The Morgan fingerprint density at radius 2 is 2.25 bits per heavy atom. The van der Waals surface area contributed by atoms with E-state index in [0.717, 1.165) is 5.56 Å². The molecule has 0 bridgehead atoms. The lowest BCUT2D eigenvalue weighted by Gasteiger charge is -2.09. The number of carbonyl (C=O) groups excluding carboxylic acids is 1. The summed E-state index contributed by atoms with van der Waals surface area (Å²) in [6, 6.07) is 5.01. The van der Waals surface area contributed by atoms with E-state index in [1.165, 1.54) is 10.9 Å². The first-order chi connectivity index (χ1) is 9.60. The van der Waals surface area contributed by atoms with Gasteiger partial charge in [-0.3, -0.25) is 4.68 Å². The van der Waals surface area contributed by atoms with E-state index in [1.807, 2.05) is 19.1 Å². The molecule has 2 amide bonds. The number of hydrogen-bond donors (Lipinski definition) is 3. The fourth-order valence-electron chi connectivity index (χ4n) is 1.68. The number of urea groups is 1. The van der Waals surface area contributed by atoms with Crippen LogP contribution < -0.4 is 10.6 Å². The lowest BCUT2D eigenvalue weighted by Crippen LogP contribution is -2.19. The molecule has 0 aliphatic carbocycles. The fourth-order valence-corrected chi connectivity index (χ4v) is 1.85. The van der Waals surface area contributed by atoms with Gasteiger partial charge in [0.25, 0.3) is 0 Å². The quantitative estimate of drug-likeness (QED) is 0.810.